The minimum absolute atomic E-state index is 0.0321. The van der Waals surface area contributed by atoms with E-state index in [-0.39, 0.29) is 23.1 Å². The highest BCUT2D eigenvalue weighted by atomic mass is 79.9. The minimum Gasteiger partial charge on any atom is -0.347 e. The topological polar surface area (TPSA) is 93.1 Å². The van der Waals surface area contributed by atoms with Gasteiger partial charge in [0, 0.05) is 30.0 Å². The Morgan fingerprint density at radius 2 is 1.87 bits per heavy atom. The van der Waals surface area contributed by atoms with Crippen LogP contribution < -0.4 is 10.0 Å². The van der Waals surface area contributed by atoms with Crippen LogP contribution in [0.2, 0.25) is 0 Å². The maximum atomic E-state index is 12.5. The second kappa shape index (κ2) is 10.9. The molecule has 0 saturated heterocycles. The number of carbonyl (C=O) groups is 1. The van der Waals surface area contributed by atoms with Crippen molar-refractivity contribution in [3.8, 4) is 0 Å². The van der Waals surface area contributed by atoms with Crippen molar-refractivity contribution in [2.75, 3.05) is 12.3 Å². The lowest BCUT2D eigenvalue weighted by Gasteiger charge is -2.20. The van der Waals surface area contributed by atoms with Crippen LogP contribution >= 0.6 is 27.7 Å². The molecular formula is C21H23BrN4O3S2. The molecule has 0 fully saturated rings. The molecule has 0 saturated carbocycles. The molecule has 10 heteroatoms. The molecule has 2 N–H and O–H groups in total. The number of benzene rings is 2. The van der Waals surface area contributed by atoms with E-state index in [0.717, 1.165) is 15.6 Å². The minimum atomic E-state index is -3.73. The summed E-state index contributed by atoms with van der Waals surface area (Å²) in [5.41, 5.74) is 1.95. The number of amides is 1. The van der Waals surface area contributed by atoms with Gasteiger partial charge >= 0.3 is 0 Å². The number of aromatic nitrogens is 2. The lowest BCUT2D eigenvalue weighted by Crippen LogP contribution is -2.38. The number of nitrogens with one attached hydrogen (secondary N) is 2. The molecule has 31 heavy (non-hydrogen) atoms. The van der Waals surface area contributed by atoms with Crippen molar-refractivity contribution in [3.05, 3.63) is 82.6 Å². The van der Waals surface area contributed by atoms with Gasteiger partial charge in [-0.1, -0.05) is 58.4 Å². The normalized spacial score (nSPS) is 12.5. The number of carbonyl (C=O) groups excluding carboxylic acids is 1. The Hall–Kier alpha value is -2.14. The summed E-state index contributed by atoms with van der Waals surface area (Å²) in [5.74, 6) is 0.829. The van der Waals surface area contributed by atoms with Gasteiger partial charge in [-0.15, -0.1) is 11.8 Å². The van der Waals surface area contributed by atoms with E-state index < -0.39 is 16.1 Å². The number of thioether (sulfide) groups is 1. The van der Waals surface area contributed by atoms with E-state index in [9.17, 15) is 13.2 Å². The molecule has 0 radical (unpaired) electrons. The molecule has 1 aromatic heterocycles. The molecule has 7 nitrogen and oxygen atoms in total. The molecule has 0 aliphatic carbocycles. The fourth-order valence-electron chi connectivity index (χ4n) is 2.83. The Bertz CT molecular complexity index is 1100. The van der Waals surface area contributed by atoms with Crippen LogP contribution in [0.15, 0.2) is 76.4 Å². The summed E-state index contributed by atoms with van der Waals surface area (Å²) in [7, 11) is -2.08. The van der Waals surface area contributed by atoms with E-state index in [1.807, 2.05) is 54.6 Å². The third-order valence-electron chi connectivity index (χ3n) is 4.42. The lowest BCUT2D eigenvalue weighted by atomic mass is 10.1. The number of aryl methyl sites for hydroxylation is 1. The molecule has 164 valence electrons. The number of hydrogen-bond acceptors (Lipinski definition) is 5. The Balaban J connectivity index is 1.59. The maximum absolute atomic E-state index is 12.5. The fraction of sp³-hybridized carbons (Fsp3) is 0.238. The first-order valence-corrected chi connectivity index (χ1v) is 12.9. The number of rotatable bonds is 10. The third kappa shape index (κ3) is 7.20. The zero-order chi connectivity index (χ0) is 22.3. The standard InChI is InChI=1S/C21H23BrN4O3S2/c1-26-13-19(11-23-26)31(28,29)24-12-20(17-5-3-2-4-6-17)25-21(27)15-30-14-16-7-9-18(22)10-8-16/h2-11,13,20,24H,12,14-15H2,1H3,(H,25,27). The van der Waals surface area contributed by atoms with Crippen LogP contribution in [-0.4, -0.2) is 36.4 Å². The monoisotopic (exact) mass is 522 g/mol. The van der Waals surface area contributed by atoms with E-state index in [0.29, 0.717) is 5.75 Å². The second-order valence-corrected chi connectivity index (χ2v) is 10.5. The van der Waals surface area contributed by atoms with E-state index in [2.05, 4.69) is 31.1 Å². The number of sulfonamides is 1. The lowest BCUT2D eigenvalue weighted by molar-refractivity contribution is -0.119. The molecule has 0 aliphatic heterocycles. The first-order chi connectivity index (χ1) is 14.8. The summed E-state index contributed by atoms with van der Waals surface area (Å²) in [6, 6.07) is 16.8. The van der Waals surface area contributed by atoms with E-state index in [4.69, 9.17) is 0 Å². The maximum Gasteiger partial charge on any atom is 0.243 e. The molecule has 1 amide bonds. The largest absolute Gasteiger partial charge is 0.347 e. The molecule has 0 spiro atoms. The Labute approximate surface area is 194 Å². The van der Waals surface area contributed by atoms with Gasteiger partial charge in [0.05, 0.1) is 18.0 Å². The van der Waals surface area contributed by atoms with Crippen molar-refractivity contribution in [2.45, 2.75) is 16.7 Å². The van der Waals surface area contributed by atoms with Crippen LogP contribution in [0.5, 0.6) is 0 Å². The molecule has 1 unspecified atom stereocenters. The first-order valence-electron chi connectivity index (χ1n) is 9.48. The van der Waals surface area contributed by atoms with Crippen molar-refractivity contribution in [1.29, 1.82) is 0 Å². The van der Waals surface area contributed by atoms with Gasteiger partial charge in [0.25, 0.3) is 0 Å². The van der Waals surface area contributed by atoms with Crippen molar-refractivity contribution in [1.82, 2.24) is 19.8 Å². The van der Waals surface area contributed by atoms with Crippen molar-refractivity contribution in [3.63, 3.8) is 0 Å². The zero-order valence-corrected chi connectivity index (χ0v) is 20.1. The quantitative estimate of drug-likeness (QED) is 0.426. The molecule has 1 heterocycles. The summed E-state index contributed by atoms with van der Waals surface area (Å²) in [4.78, 5) is 12.6. The number of nitrogens with zero attached hydrogens (tertiary/aromatic N) is 2. The highest BCUT2D eigenvalue weighted by Crippen LogP contribution is 2.17. The van der Waals surface area contributed by atoms with Crippen LogP contribution in [-0.2, 0) is 27.6 Å². The molecule has 3 aromatic rings. The highest BCUT2D eigenvalue weighted by Gasteiger charge is 2.20. The van der Waals surface area contributed by atoms with Crippen LogP contribution in [0.4, 0.5) is 0 Å². The average Bonchev–Trinajstić information content (AvgIpc) is 3.20. The molecule has 0 bridgehead atoms. The summed E-state index contributed by atoms with van der Waals surface area (Å²) >= 11 is 4.91. The Morgan fingerprint density at radius 3 is 2.52 bits per heavy atom. The zero-order valence-electron chi connectivity index (χ0n) is 16.9. The molecule has 3 rings (SSSR count). The fourth-order valence-corrected chi connectivity index (χ4v) is 4.92. The van der Waals surface area contributed by atoms with Crippen LogP contribution in [0, 0.1) is 0 Å². The summed E-state index contributed by atoms with van der Waals surface area (Å²) in [6.07, 6.45) is 2.72. The molecule has 0 aliphatic rings. The van der Waals surface area contributed by atoms with E-state index >= 15 is 0 Å². The van der Waals surface area contributed by atoms with Gasteiger partial charge in [-0.25, -0.2) is 13.1 Å². The molecular weight excluding hydrogens is 500 g/mol. The van der Waals surface area contributed by atoms with Gasteiger partial charge in [-0.2, -0.15) is 5.10 Å². The average molecular weight is 523 g/mol. The smallest absolute Gasteiger partial charge is 0.243 e. The van der Waals surface area contributed by atoms with Gasteiger partial charge < -0.3 is 5.32 Å². The van der Waals surface area contributed by atoms with Crippen LogP contribution in [0.3, 0.4) is 0 Å². The summed E-state index contributed by atoms with van der Waals surface area (Å²) < 4.78 is 30.1. The predicted molar refractivity (Wildman–Crippen MR) is 126 cm³/mol. The van der Waals surface area contributed by atoms with Crippen LogP contribution in [0.25, 0.3) is 0 Å². The number of halogens is 1. The van der Waals surface area contributed by atoms with E-state index in [1.165, 1.54) is 28.8 Å². The van der Waals surface area contributed by atoms with Gasteiger partial charge in [-0.3, -0.25) is 9.48 Å². The van der Waals surface area contributed by atoms with Gasteiger partial charge in [0.1, 0.15) is 4.90 Å². The first kappa shape index (κ1) is 23.5. The Morgan fingerprint density at radius 1 is 1.16 bits per heavy atom. The SMILES string of the molecule is Cn1cc(S(=O)(=O)NCC(NC(=O)CSCc2ccc(Br)cc2)c2ccccc2)cn1. The van der Waals surface area contributed by atoms with Gasteiger partial charge in [-0.05, 0) is 23.3 Å². The highest BCUT2D eigenvalue weighted by molar-refractivity contribution is 9.10. The Kier molecular flexibility index (Phi) is 8.30. The predicted octanol–water partition coefficient (Wildman–Crippen LogP) is 3.25. The summed E-state index contributed by atoms with van der Waals surface area (Å²) in [5, 5.41) is 6.85. The molecule has 2 aromatic carbocycles. The third-order valence-corrected chi connectivity index (χ3v) is 7.33. The summed E-state index contributed by atoms with van der Waals surface area (Å²) in [6.45, 7) is 0.0321. The number of hydrogen-bond donors (Lipinski definition) is 2. The molecule has 1 atom stereocenters. The van der Waals surface area contributed by atoms with Crippen molar-refractivity contribution in [2.24, 2.45) is 7.05 Å². The van der Waals surface area contributed by atoms with Crippen LogP contribution in [0.1, 0.15) is 17.2 Å². The van der Waals surface area contributed by atoms with Gasteiger partial charge in [0.2, 0.25) is 15.9 Å². The van der Waals surface area contributed by atoms with Crippen molar-refractivity contribution >= 4 is 43.6 Å². The van der Waals surface area contributed by atoms with Gasteiger partial charge in [0.15, 0.2) is 0 Å². The second-order valence-electron chi connectivity index (χ2n) is 6.85. The van der Waals surface area contributed by atoms with Crippen molar-refractivity contribution < 1.29 is 13.2 Å². The van der Waals surface area contributed by atoms with E-state index in [1.54, 1.807) is 7.05 Å².